The topological polar surface area (TPSA) is 72.8 Å². The number of para-hydroxylation sites is 1. The molecule has 5 aromatic rings. The first kappa shape index (κ1) is 25.2. The van der Waals surface area contributed by atoms with Crippen molar-refractivity contribution in [2.45, 2.75) is 6.61 Å². The number of rotatable bonds is 8. The zero-order chi connectivity index (χ0) is 26.3. The predicted molar refractivity (Wildman–Crippen MR) is 154 cm³/mol. The number of nitrogens with zero attached hydrogens (tertiary/aromatic N) is 2. The molecule has 0 saturated carbocycles. The number of amides is 1. The normalized spacial score (nSPS) is 11.0. The van der Waals surface area contributed by atoms with E-state index in [1.807, 2.05) is 91.0 Å². The molecule has 0 unspecified atom stereocenters. The summed E-state index contributed by atoms with van der Waals surface area (Å²) >= 11 is 3.57. The fraction of sp³-hybridized carbons (Fsp3) is 0.0645. The number of ether oxygens (including phenoxy) is 2. The molecule has 6 nitrogen and oxygen atoms in total. The van der Waals surface area contributed by atoms with Crippen molar-refractivity contribution in [2.24, 2.45) is 5.10 Å². The Morgan fingerprint density at radius 3 is 2.39 bits per heavy atom. The number of halogens is 1. The van der Waals surface area contributed by atoms with Gasteiger partial charge in [0.2, 0.25) is 0 Å². The van der Waals surface area contributed by atoms with Crippen molar-refractivity contribution in [3.63, 3.8) is 0 Å². The van der Waals surface area contributed by atoms with Crippen LogP contribution in [0.4, 0.5) is 0 Å². The molecule has 0 spiro atoms. The summed E-state index contributed by atoms with van der Waals surface area (Å²) in [6, 6.07) is 32.7. The third-order valence-corrected chi connectivity index (χ3v) is 6.61. The van der Waals surface area contributed by atoms with Gasteiger partial charge in [0.15, 0.2) is 11.5 Å². The molecule has 188 valence electrons. The van der Waals surface area contributed by atoms with Gasteiger partial charge in [0.1, 0.15) is 6.61 Å². The van der Waals surface area contributed by atoms with Gasteiger partial charge in [-0.2, -0.15) is 5.10 Å². The average Bonchev–Trinajstić information content (AvgIpc) is 2.97. The summed E-state index contributed by atoms with van der Waals surface area (Å²) in [5.41, 5.74) is 7.31. The Kier molecular flexibility index (Phi) is 7.75. The van der Waals surface area contributed by atoms with Gasteiger partial charge < -0.3 is 9.47 Å². The first-order valence-electron chi connectivity index (χ1n) is 12.0. The van der Waals surface area contributed by atoms with E-state index in [2.05, 4.69) is 26.5 Å². The van der Waals surface area contributed by atoms with Gasteiger partial charge in [0, 0.05) is 21.0 Å². The lowest BCUT2D eigenvalue weighted by Crippen LogP contribution is -2.18. The molecule has 7 heteroatoms. The van der Waals surface area contributed by atoms with Crippen LogP contribution in [0.2, 0.25) is 0 Å². The summed E-state index contributed by atoms with van der Waals surface area (Å²) in [5.74, 6) is 0.827. The second kappa shape index (κ2) is 11.7. The molecular formula is C31H24BrN3O3. The molecule has 1 aromatic heterocycles. The Morgan fingerprint density at radius 2 is 1.63 bits per heavy atom. The fourth-order valence-corrected chi connectivity index (χ4v) is 4.42. The number of carbonyl (C=O) groups excluding carboxylic acids is 1. The highest BCUT2D eigenvalue weighted by Gasteiger charge is 2.14. The van der Waals surface area contributed by atoms with E-state index in [4.69, 9.17) is 14.5 Å². The highest BCUT2D eigenvalue weighted by atomic mass is 79.9. The van der Waals surface area contributed by atoms with Gasteiger partial charge in [-0.05, 0) is 45.8 Å². The van der Waals surface area contributed by atoms with E-state index in [0.717, 1.165) is 37.8 Å². The van der Waals surface area contributed by atoms with Crippen molar-refractivity contribution >= 4 is 39.0 Å². The van der Waals surface area contributed by atoms with Crippen LogP contribution in [-0.4, -0.2) is 24.2 Å². The summed E-state index contributed by atoms with van der Waals surface area (Å²) in [4.78, 5) is 17.9. The zero-order valence-electron chi connectivity index (χ0n) is 20.6. The summed E-state index contributed by atoms with van der Waals surface area (Å²) in [6.45, 7) is 0.415. The van der Waals surface area contributed by atoms with Gasteiger partial charge in [-0.1, -0.05) is 78.9 Å². The fourth-order valence-electron chi connectivity index (χ4n) is 4.00. The SMILES string of the molecule is COc1cc(/C=N/NC(=O)c2cc(-c3ccccc3)nc3ccccc23)c(Br)cc1OCc1ccccc1. The van der Waals surface area contributed by atoms with Crippen molar-refractivity contribution in [1.82, 2.24) is 10.4 Å². The molecule has 1 N–H and O–H groups in total. The number of hydrogen-bond donors (Lipinski definition) is 1. The first-order chi connectivity index (χ1) is 18.6. The van der Waals surface area contributed by atoms with Crippen LogP contribution in [0.1, 0.15) is 21.5 Å². The van der Waals surface area contributed by atoms with E-state index in [0.29, 0.717) is 23.7 Å². The van der Waals surface area contributed by atoms with Crippen molar-refractivity contribution in [1.29, 1.82) is 0 Å². The number of benzene rings is 4. The van der Waals surface area contributed by atoms with Crippen LogP contribution >= 0.6 is 15.9 Å². The maximum absolute atomic E-state index is 13.2. The molecule has 1 heterocycles. The number of fused-ring (bicyclic) bond motifs is 1. The highest BCUT2D eigenvalue weighted by Crippen LogP contribution is 2.33. The average molecular weight is 566 g/mol. The van der Waals surface area contributed by atoms with E-state index < -0.39 is 0 Å². The molecule has 0 fully saturated rings. The molecule has 0 aliphatic carbocycles. The van der Waals surface area contributed by atoms with E-state index in [9.17, 15) is 4.79 Å². The molecule has 4 aromatic carbocycles. The van der Waals surface area contributed by atoms with Gasteiger partial charge in [0.05, 0.1) is 30.1 Å². The van der Waals surface area contributed by atoms with Crippen molar-refractivity contribution in [3.05, 3.63) is 124 Å². The van der Waals surface area contributed by atoms with E-state index in [1.165, 1.54) is 0 Å². The van der Waals surface area contributed by atoms with Crippen molar-refractivity contribution in [3.8, 4) is 22.8 Å². The predicted octanol–water partition coefficient (Wildman–Crippen LogP) is 7.02. The summed E-state index contributed by atoms with van der Waals surface area (Å²) in [5, 5.41) is 4.97. The maximum Gasteiger partial charge on any atom is 0.272 e. The minimum absolute atomic E-state index is 0.331. The number of methoxy groups -OCH3 is 1. The smallest absolute Gasteiger partial charge is 0.272 e. The van der Waals surface area contributed by atoms with Crippen molar-refractivity contribution < 1.29 is 14.3 Å². The molecule has 38 heavy (non-hydrogen) atoms. The molecule has 1 amide bonds. The lowest BCUT2D eigenvalue weighted by molar-refractivity contribution is 0.0956. The Bertz CT molecular complexity index is 1610. The Hall–Kier alpha value is -4.49. The van der Waals surface area contributed by atoms with Crippen LogP contribution in [0.15, 0.2) is 113 Å². The third-order valence-electron chi connectivity index (χ3n) is 5.92. The van der Waals surface area contributed by atoms with Crippen LogP contribution in [0, 0.1) is 0 Å². The van der Waals surface area contributed by atoms with Gasteiger partial charge in [-0.3, -0.25) is 4.79 Å². The number of pyridine rings is 1. The van der Waals surface area contributed by atoms with Gasteiger partial charge >= 0.3 is 0 Å². The molecule has 5 rings (SSSR count). The Morgan fingerprint density at radius 1 is 0.921 bits per heavy atom. The maximum atomic E-state index is 13.2. The molecule has 0 aliphatic rings. The standard InChI is InChI=1S/C31H24BrN3O3/c1-37-29-16-23(26(32)18-30(29)38-20-21-10-4-2-5-11-21)19-33-35-31(36)25-17-28(22-12-6-3-7-13-22)34-27-15-9-8-14-24(25)27/h2-19H,20H2,1H3,(H,35,36)/b33-19+. The van der Waals surface area contributed by atoms with E-state index in [1.54, 1.807) is 25.5 Å². The van der Waals surface area contributed by atoms with Gasteiger partial charge in [-0.25, -0.2) is 10.4 Å². The number of aromatic nitrogens is 1. The molecule has 0 radical (unpaired) electrons. The van der Waals surface area contributed by atoms with Crippen LogP contribution in [-0.2, 0) is 6.61 Å². The summed E-state index contributed by atoms with van der Waals surface area (Å²) in [7, 11) is 1.58. The largest absolute Gasteiger partial charge is 0.493 e. The van der Waals surface area contributed by atoms with E-state index in [-0.39, 0.29) is 5.91 Å². The summed E-state index contributed by atoms with van der Waals surface area (Å²) < 4.78 is 12.2. The second-order valence-electron chi connectivity index (χ2n) is 8.44. The summed E-state index contributed by atoms with van der Waals surface area (Å²) in [6.07, 6.45) is 1.56. The first-order valence-corrected chi connectivity index (χ1v) is 12.7. The zero-order valence-corrected chi connectivity index (χ0v) is 22.2. The van der Waals surface area contributed by atoms with Crippen LogP contribution in [0.5, 0.6) is 11.5 Å². The molecule has 0 aliphatic heterocycles. The molecule has 0 atom stereocenters. The number of nitrogens with one attached hydrogen (secondary N) is 1. The lowest BCUT2D eigenvalue weighted by atomic mass is 10.0. The monoisotopic (exact) mass is 565 g/mol. The molecule has 0 saturated heterocycles. The number of carbonyl (C=O) groups is 1. The van der Waals surface area contributed by atoms with Crippen LogP contribution < -0.4 is 14.9 Å². The third kappa shape index (κ3) is 5.74. The number of hydrogen-bond acceptors (Lipinski definition) is 5. The minimum atomic E-state index is -0.331. The van der Waals surface area contributed by atoms with Gasteiger partial charge in [0.25, 0.3) is 5.91 Å². The minimum Gasteiger partial charge on any atom is -0.493 e. The van der Waals surface area contributed by atoms with Crippen molar-refractivity contribution in [2.75, 3.05) is 7.11 Å². The molecule has 0 bridgehead atoms. The Balaban J connectivity index is 1.36. The van der Waals surface area contributed by atoms with Gasteiger partial charge in [-0.15, -0.1) is 0 Å². The quantitative estimate of drug-likeness (QED) is 0.162. The van der Waals surface area contributed by atoms with E-state index >= 15 is 0 Å². The lowest BCUT2D eigenvalue weighted by Gasteiger charge is -2.13. The highest BCUT2D eigenvalue weighted by molar-refractivity contribution is 9.10. The molecular weight excluding hydrogens is 542 g/mol. The van der Waals surface area contributed by atoms with Crippen LogP contribution in [0.25, 0.3) is 22.2 Å². The Labute approximate surface area is 229 Å². The number of hydrazone groups is 1. The second-order valence-corrected chi connectivity index (χ2v) is 9.29. The van der Waals surface area contributed by atoms with Crippen LogP contribution in [0.3, 0.4) is 0 Å².